The highest BCUT2D eigenvalue weighted by molar-refractivity contribution is 8.00. The van der Waals surface area contributed by atoms with Gasteiger partial charge in [0.1, 0.15) is 0 Å². The predicted octanol–water partition coefficient (Wildman–Crippen LogP) is 4.73. The summed E-state index contributed by atoms with van der Waals surface area (Å²) in [7, 11) is 0. The van der Waals surface area contributed by atoms with Crippen LogP contribution in [0.3, 0.4) is 0 Å². The monoisotopic (exact) mass is 317 g/mol. The van der Waals surface area contributed by atoms with Gasteiger partial charge in [-0.1, -0.05) is 66.2 Å². The van der Waals surface area contributed by atoms with E-state index in [2.05, 4.69) is 17.5 Å². The molecule has 21 heavy (non-hydrogen) atoms. The zero-order valence-corrected chi connectivity index (χ0v) is 13.0. The number of thioether (sulfide) groups is 1. The Bertz CT molecular complexity index is 613. The molecule has 0 bridgehead atoms. The Kier molecular flexibility index (Phi) is 6.38. The molecule has 2 aromatic carbocycles. The van der Waals surface area contributed by atoms with Gasteiger partial charge in [-0.05, 0) is 17.7 Å². The van der Waals surface area contributed by atoms with Gasteiger partial charge in [-0.3, -0.25) is 4.79 Å². The Morgan fingerprint density at radius 2 is 1.81 bits per heavy atom. The third kappa shape index (κ3) is 5.66. The fourth-order valence-corrected chi connectivity index (χ4v) is 2.51. The zero-order valence-electron chi connectivity index (χ0n) is 11.5. The minimum absolute atomic E-state index is 0.0405. The van der Waals surface area contributed by atoms with Crippen LogP contribution in [0.15, 0.2) is 60.7 Å². The molecule has 0 aliphatic carbocycles. The molecule has 0 atom stereocenters. The van der Waals surface area contributed by atoms with Crippen LogP contribution in [0.1, 0.15) is 5.56 Å². The normalized spacial score (nSPS) is 10.7. The van der Waals surface area contributed by atoms with Crippen LogP contribution in [0.2, 0.25) is 5.02 Å². The van der Waals surface area contributed by atoms with Gasteiger partial charge in [0.15, 0.2) is 0 Å². The number of para-hydroxylation sites is 1. The standard InChI is InChI=1S/C17H16ClNOS/c18-15-10-4-5-11-16(15)19-17(20)13-21-12-6-9-14-7-2-1-3-8-14/h1-11H,12-13H2,(H,19,20)/b9-6+. The number of carbonyl (C=O) groups is 1. The first-order valence-electron chi connectivity index (χ1n) is 6.59. The van der Waals surface area contributed by atoms with Crippen molar-refractivity contribution in [3.63, 3.8) is 0 Å². The molecule has 0 heterocycles. The molecule has 0 spiro atoms. The number of hydrogen-bond acceptors (Lipinski definition) is 2. The van der Waals surface area contributed by atoms with Crippen molar-refractivity contribution in [2.75, 3.05) is 16.8 Å². The van der Waals surface area contributed by atoms with Gasteiger partial charge >= 0.3 is 0 Å². The predicted molar refractivity (Wildman–Crippen MR) is 92.9 cm³/mol. The lowest BCUT2D eigenvalue weighted by molar-refractivity contribution is -0.113. The minimum atomic E-state index is -0.0405. The summed E-state index contributed by atoms with van der Waals surface area (Å²) in [6.07, 6.45) is 4.11. The molecule has 0 radical (unpaired) electrons. The number of hydrogen-bond donors (Lipinski definition) is 1. The van der Waals surface area contributed by atoms with E-state index in [1.165, 1.54) is 5.56 Å². The Balaban J connectivity index is 1.70. The molecular formula is C17H16ClNOS. The molecule has 0 fully saturated rings. The Labute approximate surface area is 134 Å². The molecule has 0 unspecified atom stereocenters. The molecule has 0 aliphatic heterocycles. The maximum Gasteiger partial charge on any atom is 0.234 e. The minimum Gasteiger partial charge on any atom is -0.324 e. The van der Waals surface area contributed by atoms with Crippen LogP contribution in [-0.2, 0) is 4.79 Å². The van der Waals surface area contributed by atoms with Crippen molar-refractivity contribution in [1.82, 2.24) is 0 Å². The van der Waals surface area contributed by atoms with Crippen molar-refractivity contribution < 1.29 is 4.79 Å². The van der Waals surface area contributed by atoms with E-state index in [1.807, 2.05) is 42.5 Å². The first-order valence-corrected chi connectivity index (χ1v) is 8.12. The van der Waals surface area contributed by atoms with Gasteiger partial charge in [-0.2, -0.15) is 0 Å². The third-order valence-electron chi connectivity index (χ3n) is 2.71. The second-order valence-electron chi connectivity index (χ2n) is 4.36. The number of halogens is 1. The number of amides is 1. The topological polar surface area (TPSA) is 29.1 Å². The highest BCUT2D eigenvalue weighted by Crippen LogP contribution is 2.20. The highest BCUT2D eigenvalue weighted by Gasteiger charge is 2.04. The van der Waals surface area contributed by atoms with Crippen LogP contribution in [0, 0.1) is 0 Å². The highest BCUT2D eigenvalue weighted by atomic mass is 35.5. The third-order valence-corrected chi connectivity index (χ3v) is 3.93. The second-order valence-corrected chi connectivity index (χ2v) is 5.79. The van der Waals surface area contributed by atoms with Crippen LogP contribution in [0.4, 0.5) is 5.69 Å². The largest absolute Gasteiger partial charge is 0.324 e. The van der Waals surface area contributed by atoms with Crippen molar-refractivity contribution in [2.45, 2.75) is 0 Å². The number of carbonyl (C=O) groups excluding carboxylic acids is 1. The van der Waals surface area contributed by atoms with Crippen LogP contribution >= 0.6 is 23.4 Å². The van der Waals surface area contributed by atoms with E-state index in [0.29, 0.717) is 16.5 Å². The van der Waals surface area contributed by atoms with Crippen molar-refractivity contribution in [3.05, 3.63) is 71.3 Å². The van der Waals surface area contributed by atoms with Gasteiger partial charge in [0, 0.05) is 5.75 Å². The lowest BCUT2D eigenvalue weighted by Gasteiger charge is -2.05. The van der Waals surface area contributed by atoms with Gasteiger partial charge in [0.25, 0.3) is 0 Å². The fourth-order valence-electron chi connectivity index (χ4n) is 1.72. The van der Waals surface area contributed by atoms with Crippen LogP contribution < -0.4 is 5.32 Å². The molecule has 0 saturated heterocycles. The fraction of sp³-hybridized carbons (Fsp3) is 0.118. The SMILES string of the molecule is O=C(CSC/C=C/c1ccccc1)Nc1ccccc1Cl. The lowest BCUT2D eigenvalue weighted by atomic mass is 10.2. The van der Waals surface area contributed by atoms with E-state index in [1.54, 1.807) is 23.9 Å². The van der Waals surface area contributed by atoms with Crippen molar-refractivity contribution >= 4 is 41.0 Å². The smallest absolute Gasteiger partial charge is 0.234 e. The van der Waals surface area contributed by atoms with Crippen LogP contribution in [0.5, 0.6) is 0 Å². The van der Waals surface area contributed by atoms with E-state index < -0.39 is 0 Å². The van der Waals surface area contributed by atoms with Crippen molar-refractivity contribution in [3.8, 4) is 0 Å². The van der Waals surface area contributed by atoms with Gasteiger partial charge < -0.3 is 5.32 Å². The van der Waals surface area contributed by atoms with E-state index in [9.17, 15) is 4.79 Å². The summed E-state index contributed by atoms with van der Waals surface area (Å²) < 4.78 is 0. The first-order chi connectivity index (χ1) is 10.3. The van der Waals surface area contributed by atoms with Crippen molar-refractivity contribution in [2.24, 2.45) is 0 Å². The van der Waals surface area contributed by atoms with E-state index in [-0.39, 0.29) is 5.91 Å². The first kappa shape index (κ1) is 15.7. The average Bonchev–Trinajstić information content (AvgIpc) is 2.50. The molecule has 0 saturated carbocycles. The van der Waals surface area contributed by atoms with E-state index >= 15 is 0 Å². The zero-order chi connectivity index (χ0) is 14.9. The molecule has 108 valence electrons. The molecular weight excluding hydrogens is 302 g/mol. The quantitative estimate of drug-likeness (QED) is 0.781. The summed E-state index contributed by atoms with van der Waals surface area (Å²) in [5, 5.41) is 3.36. The number of rotatable bonds is 6. The average molecular weight is 318 g/mol. The lowest BCUT2D eigenvalue weighted by Crippen LogP contribution is -2.14. The molecule has 2 nitrogen and oxygen atoms in total. The van der Waals surface area contributed by atoms with Crippen LogP contribution in [0.25, 0.3) is 6.08 Å². The summed E-state index contributed by atoms with van der Waals surface area (Å²) in [5.41, 5.74) is 1.82. The summed E-state index contributed by atoms with van der Waals surface area (Å²) in [6, 6.07) is 17.3. The Hall–Kier alpha value is -1.71. The number of nitrogens with one attached hydrogen (secondary N) is 1. The van der Waals surface area contributed by atoms with Gasteiger partial charge in [-0.25, -0.2) is 0 Å². The maximum atomic E-state index is 11.8. The molecule has 1 N–H and O–H groups in total. The van der Waals surface area contributed by atoms with E-state index in [4.69, 9.17) is 11.6 Å². The summed E-state index contributed by atoms with van der Waals surface area (Å²) >= 11 is 7.55. The van der Waals surface area contributed by atoms with E-state index in [0.717, 1.165) is 5.75 Å². The molecule has 0 aromatic heterocycles. The van der Waals surface area contributed by atoms with Gasteiger partial charge in [0.2, 0.25) is 5.91 Å². The molecule has 2 aromatic rings. The van der Waals surface area contributed by atoms with Gasteiger partial charge in [-0.15, -0.1) is 11.8 Å². The van der Waals surface area contributed by atoms with Crippen molar-refractivity contribution in [1.29, 1.82) is 0 Å². The summed E-state index contributed by atoms with van der Waals surface area (Å²) in [6.45, 7) is 0. The Morgan fingerprint density at radius 1 is 1.10 bits per heavy atom. The molecule has 0 aliphatic rings. The Morgan fingerprint density at radius 3 is 2.57 bits per heavy atom. The number of benzene rings is 2. The maximum absolute atomic E-state index is 11.8. The number of anilines is 1. The summed E-state index contributed by atoms with van der Waals surface area (Å²) in [4.78, 5) is 11.8. The summed E-state index contributed by atoms with van der Waals surface area (Å²) in [5.74, 6) is 1.16. The molecule has 2 rings (SSSR count). The second kappa shape index (κ2) is 8.55. The molecule has 4 heteroatoms. The van der Waals surface area contributed by atoms with Gasteiger partial charge in [0.05, 0.1) is 16.5 Å². The van der Waals surface area contributed by atoms with Crippen LogP contribution in [-0.4, -0.2) is 17.4 Å². The molecule has 1 amide bonds.